The zero-order chi connectivity index (χ0) is 11.6. The highest BCUT2D eigenvalue weighted by Crippen LogP contribution is 2.81. The van der Waals surface area contributed by atoms with Gasteiger partial charge in [0.15, 0.2) is 0 Å². The van der Waals surface area contributed by atoms with Crippen LogP contribution >= 0.6 is 22.6 Å². The number of fused-ring (bicyclic) bond motifs is 4. The van der Waals surface area contributed by atoms with E-state index in [4.69, 9.17) is 0 Å². The fraction of sp³-hybridized carbons (Fsp3) is 0.929. The predicted molar refractivity (Wildman–Crippen MR) is 73.7 cm³/mol. The normalized spacial score (nSPS) is 55.4. The number of carbonyl (C=O) groups is 1. The van der Waals surface area contributed by atoms with E-state index < -0.39 is 0 Å². The number of halogens is 1. The minimum atomic E-state index is 0.337. The van der Waals surface area contributed by atoms with Crippen LogP contribution < -0.4 is 0 Å². The highest BCUT2D eigenvalue weighted by atomic mass is 127. The molecule has 0 bridgehead atoms. The lowest BCUT2D eigenvalue weighted by molar-refractivity contribution is -0.237. The molecule has 16 heavy (non-hydrogen) atoms. The van der Waals surface area contributed by atoms with Gasteiger partial charge in [0.25, 0.3) is 0 Å². The Morgan fingerprint density at radius 2 is 2.00 bits per heavy atom. The average molecular weight is 332 g/mol. The van der Waals surface area contributed by atoms with E-state index in [0.29, 0.717) is 27.9 Å². The van der Waals surface area contributed by atoms with Crippen LogP contribution in [0.4, 0.5) is 0 Å². The predicted octanol–water partition coefficient (Wildman–Crippen LogP) is 3.99. The van der Waals surface area contributed by atoms with Gasteiger partial charge in [-0.2, -0.15) is 0 Å². The number of ketones is 1. The van der Waals surface area contributed by atoms with Crippen molar-refractivity contribution in [2.45, 2.75) is 52.4 Å². The van der Waals surface area contributed by atoms with E-state index in [1.807, 2.05) is 0 Å². The summed E-state index contributed by atoms with van der Waals surface area (Å²) >= 11 is 2.54. The summed E-state index contributed by atoms with van der Waals surface area (Å²) in [5.41, 5.74) is 1.17. The molecule has 0 saturated heterocycles. The number of carbonyl (C=O) groups excluding carboxylic acids is 1. The van der Waals surface area contributed by atoms with Crippen LogP contribution in [0.3, 0.4) is 0 Å². The number of Topliss-reactive ketones (excluding diaryl/α,β-unsaturated/α-hetero) is 1. The third-order valence-electron chi connectivity index (χ3n) is 6.53. The van der Waals surface area contributed by atoms with Crippen LogP contribution in [0.25, 0.3) is 0 Å². The van der Waals surface area contributed by atoms with E-state index in [1.165, 1.54) is 30.1 Å². The lowest BCUT2D eigenvalue weighted by Gasteiger charge is -2.73. The summed E-state index contributed by atoms with van der Waals surface area (Å²) in [6.45, 7) is 4.89. The van der Waals surface area contributed by atoms with Gasteiger partial charge in [-0.25, -0.2) is 0 Å². The number of hydrogen-bond donors (Lipinski definition) is 0. The van der Waals surface area contributed by atoms with Gasteiger partial charge < -0.3 is 0 Å². The van der Waals surface area contributed by atoms with Crippen LogP contribution in [0, 0.1) is 22.2 Å². The van der Waals surface area contributed by atoms with Gasteiger partial charge in [-0.1, -0.05) is 42.9 Å². The molecular formula is C14H21IO. The van der Waals surface area contributed by atoms with Crippen molar-refractivity contribution in [1.82, 2.24) is 0 Å². The van der Waals surface area contributed by atoms with E-state index >= 15 is 0 Å². The molecule has 0 amide bonds. The lowest BCUT2D eigenvalue weighted by atomic mass is 9.30. The maximum Gasteiger partial charge on any atom is 0.137 e. The molecule has 1 nitrogen and oxygen atoms in total. The molecular weight excluding hydrogens is 311 g/mol. The smallest absolute Gasteiger partial charge is 0.137 e. The Kier molecular flexibility index (Phi) is 2.33. The molecule has 0 heterocycles. The van der Waals surface area contributed by atoms with Crippen LogP contribution in [0.15, 0.2) is 0 Å². The fourth-order valence-electron chi connectivity index (χ4n) is 5.60. The van der Waals surface area contributed by atoms with Crippen LogP contribution in [0.2, 0.25) is 0 Å². The molecule has 4 atom stereocenters. The molecule has 0 unspecified atom stereocenters. The van der Waals surface area contributed by atoms with Crippen molar-refractivity contribution in [3.63, 3.8) is 0 Å². The minimum Gasteiger partial charge on any atom is -0.299 e. The van der Waals surface area contributed by atoms with Gasteiger partial charge in [0.05, 0.1) is 0 Å². The van der Waals surface area contributed by atoms with Crippen LogP contribution in [0.1, 0.15) is 52.4 Å². The van der Waals surface area contributed by atoms with Crippen LogP contribution in [-0.2, 0) is 4.79 Å². The topological polar surface area (TPSA) is 17.1 Å². The molecule has 3 rings (SSSR count). The molecule has 0 aliphatic heterocycles. The van der Waals surface area contributed by atoms with E-state index in [-0.39, 0.29) is 0 Å². The van der Waals surface area contributed by atoms with Crippen LogP contribution in [-0.4, -0.2) is 10.2 Å². The third kappa shape index (κ3) is 0.942. The molecule has 0 N–H and O–H groups in total. The summed E-state index contributed by atoms with van der Waals surface area (Å²) in [6, 6.07) is 0. The summed E-state index contributed by atoms with van der Waals surface area (Å²) in [4.78, 5) is 12.3. The maximum atomic E-state index is 12.3. The van der Waals surface area contributed by atoms with Gasteiger partial charge >= 0.3 is 0 Å². The quantitative estimate of drug-likeness (QED) is 0.524. The number of rotatable bonds is 1. The molecule has 0 aromatic carbocycles. The maximum absolute atomic E-state index is 12.3. The first-order valence-electron chi connectivity index (χ1n) is 6.61. The summed E-state index contributed by atoms with van der Waals surface area (Å²) in [5, 5.41) is 0. The first kappa shape index (κ1) is 11.5. The van der Waals surface area contributed by atoms with Crippen molar-refractivity contribution in [3.8, 4) is 0 Å². The Morgan fingerprint density at radius 1 is 1.25 bits per heavy atom. The Morgan fingerprint density at radius 3 is 2.69 bits per heavy atom. The Hall–Kier alpha value is 0.400. The zero-order valence-electron chi connectivity index (χ0n) is 10.3. The first-order chi connectivity index (χ1) is 7.52. The zero-order valence-corrected chi connectivity index (χ0v) is 12.5. The van der Waals surface area contributed by atoms with Gasteiger partial charge in [0, 0.05) is 16.8 Å². The monoisotopic (exact) mass is 332 g/mol. The third-order valence-corrected chi connectivity index (χ3v) is 7.89. The molecule has 3 aliphatic rings. The second kappa shape index (κ2) is 3.24. The lowest BCUT2D eigenvalue weighted by Crippen LogP contribution is -2.72. The Labute approximate surface area is 112 Å². The van der Waals surface area contributed by atoms with E-state index in [2.05, 4.69) is 36.4 Å². The van der Waals surface area contributed by atoms with Gasteiger partial charge in [0.1, 0.15) is 5.78 Å². The molecule has 0 aromatic heterocycles. The molecule has 0 spiro atoms. The van der Waals surface area contributed by atoms with Crippen molar-refractivity contribution >= 4 is 28.4 Å². The summed E-state index contributed by atoms with van der Waals surface area (Å²) in [5.74, 6) is 0.989. The SMILES string of the molecule is C[C@@]12CCC[C@]1(CI)[C@H]1C(=O)CCC[C@]12C. The van der Waals surface area contributed by atoms with Crippen molar-refractivity contribution in [1.29, 1.82) is 0 Å². The molecule has 2 heteroatoms. The molecule has 3 aliphatic carbocycles. The molecule has 0 aromatic rings. The van der Waals surface area contributed by atoms with Gasteiger partial charge in [-0.15, -0.1) is 0 Å². The van der Waals surface area contributed by atoms with Crippen molar-refractivity contribution in [3.05, 3.63) is 0 Å². The summed E-state index contributed by atoms with van der Waals surface area (Å²) < 4.78 is 1.19. The highest BCUT2D eigenvalue weighted by molar-refractivity contribution is 14.1. The molecule has 0 radical (unpaired) electrons. The summed E-state index contributed by atoms with van der Waals surface area (Å²) in [6.07, 6.45) is 7.29. The fourth-order valence-corrected chi connectivity index (χ4v) is 7.26. The van der Waals surface area contributed by atoms with E-state index in [9.17, 15) is 4.79 Å². The molecule has 3 saturated carbocycles. The molecule has 90 valence electrons. The van der Waals surface area contributed by atoms with Crippen LogP contribution in [0.5, 0.6) is 0 Å². The van der Waals surface area contributed by atoms with E-state index in [0.717, 1.165) is 12.8 Å². The summed E-state index contributed by atoms with van der Waals surface area (Å²) in [7, 11) is 0. The van der Waals surface area contributed by atoms with Gasteiger partial charge in [-0.05, 0) is 41.9 Å². The number of hydrogen-bond acceptors (Lipinski definition) is 1. The van der Waals surface area contributed by atoms with Gasteiger partial charge in [0.2, 0.25) is 0 Å². The standard InChI is InChI=1S/C14H21IO/c1-12-6-3-5-10(16)11(12)14(9-15)8-4-7-13(12,14)2/h11H,3-9H2,1-2H3/t11-,12+,13-,14-/m0/s1. The second-order valence-corrected chi connectivity index (χ2v) is 7.41. The Bertz CT molecular complexity index is 353. The minimum absolute atomic E-state index is 0.337. The Balaban J connectivity index is 2.09. The average Bonchev–Trinajstić information content (AvgIpc) is 2.54. The van der Waals surface area contributed by atoms with Crippen molar-refractivity contribution in [2.75, 3.05) is 4.43 Å². The highest BCUT2D eigenvalue weighted by Gasteiger charge is 2.77. The second-order valence-electron chi connectivity index (χ2n) is 6.65. The van der Waals surface area contributed by atoms with Gasteiger partial charge in [-0.3, -0.25) is 4.79 Å². The first-order valence-corrected chi connectivity index (χ1v) is 8.13. The number of alkyl halides is 1. The van der Waals surface area contributed by atoms with Crippen molar-refractivity contribution in [2.24, 2.45) is 22.2 Å². The largest absolute Gasteiger partial charge is 0.299 e. The molecule has 3 fully saturated rings. The van der Waals surface area contributed by atoms with E-state index in [1.54, 1.807) is 0 Å². The van der Waals surface area contributed by atoms with Crippen molar-refractivity contribution < 1.29 is 4.79 Å².